The highest BCUT2D eigenvalue weighted by molar-refractivity contribution is 5.78. The highest BCUT2D eigenvalue weighted by atomic mass is 16.2. The second-order valence-electron chi connectivity index (χ2n) is 8.22. The van der Waals surface area contributed by atoms with E-state index in [9.17, 15) is 4.79 Å². The van der Waals surface area contributed by atoms with Crippen LogP contribution in [-0.4, -0.2) is 23.9 Å². The lowest BCUT2D eigenvalue weighted by molar-refractivity contribution is -0.133. The monoisotopic (exact) mass is 440 g/mol. The average Bonchev–Trinajstić information content (AvgIpc) is 2.95. The Morgan fingerprint density at radius 1 is 1.06 bits per heavy atom. The number of aryl methyl sites for hydroxylation is 2. The van der Waals surface area contributed by atoms with Crippen molar-refractivity contribution < 1.29 is 4.79 Å². The molecule has 0 spiro atoms. The van der Waals surface area contributed by atoms with Crippen molar-refractivity contribution in [3.05, 3.63) is 119 Å². The van der Waals surface area contributed by atoms with Crippen LogP contribution in [0.5, 0.6) is 0 Å². The minimum absolute atomic E-state index is 0.121. The molecule has 4 rings (SSSR count). The summed E-state index contributed by atoms with van der Waals surface area (Å²) in [5.74, 6) is 0.194. The topological polar surface area (TPSA) is 32.3 Å². The van der Waals surface area contributed by atoms with Gasteiger partial charge < -0.3 is 10.2 Å². The van der Waals surface area contributed by atoms with Crippen molar-refractivity contribution in [2.24, 2.45) is 0 Å². The van der Waals surface area contributed by atoms with Crippen molar-refractivity contribution in [1.82, 2.24) is 10.2 Å². The first-order chi connectivity index (χ1) is 16.1. The van der Waals surface area contributed by atoms with Gasteiger partial charge in [-0.3, -0.25) is 4.79 Å². The van der Waals surface area contributed by atoms with Crippen molar-refractivity contribution in [3.63, 3.8) is 0 Å². The fourth-order valence-electron chi connectivity index (χ4n) is 4.35. The lowest BCUT2D eigenvalue weighted by Gasteiger charge is -2.40. The van der Waals surface area contributed by atoms with Crippen LogP contribution >= 0.6 is 0 Å². The molecule has 0 aromatic heterocycles. The molecule has 1 amide bonds. The predicted octanol–water partition coefficient (Wildman–Crippen LogP) is 6.45. The maximum absolute atomic E-state index is 13.4. The van der Waals surface area contributed by atoms with Crippen molar-refractivity contribution in [1.29, 1.82) is 0 Å². The average molecular weight is 441 g/mol. The fraction of sp³-hybridized carbons (Fsp3) is 0.300. The van der Waals surface area contributed by atoms with E-state index >= 15 is 0 Å². The Hall–Kier alpha value is -3.33. The van der Waals surface area contributed by atoms with Crippen LogP contribution in [0.25, 0.3) is 0 Å². The summed E-state index contributed by atoms with van der Waals surface area (Å²) in [6.45, 7) is 11.8. The number of allylic oxidation sites excluding steroid dienone is 4. The number of hydrogen-bond donors (Lipinski definition) is 1. The lowest BCUT2D eigenvalue weighted by Crippen LogP contribution is -2.43. The zero-order valence-electron chi connectivity index (χ0n) is 20.2. The zero-order valence-corrected chi connectivity index (χ0v) is 20.2. The summed E-state index contributed by atoms with van der Waals surface area (Å²) >= 11 is 0. The van der Waals surface area contributed by atoms with Gasteiger partial charge in [-0.05, 0) is 42.0 Å². The van der Waals surface area contributed by atoms with Crippen LogP contribution in [0.3, 0.4) is 0 Å². The smallest absolute Gasteiger partial charge is 0.223 e. The molecule has 0 bridgehead atoms. The van der Waals surface area contributed by atoms with Crippen molar-refractivity contribution in [2.75, 3.05) is 13.1 Å². The molecule has 1 N–H and O–H groups in total. The summed E-state index contributed by atoms with van der Waals surface area (Å²) in [5.41, 5.74) is 6.89. The third-order valence-corrected chi connectivity index (χ3v) is 6.04. The van der Waals surface area contributed by atoms with Gasteiger partial charge >= 0.3 is 0 Å². The Balaban J connectivity index is 0.00000149. The van der Waals surface area contributed by atoms with Gasteiger partial charge in [0.1, 0.15) is 0 Å². The Morgan fingerprint density at radius 3 is 2.52 bits per heavy atom. The molecule has 2 aromatic rings. The number of amides is 1. The van der Waals surface area contributed by atoms with Crippen LogP contribution in [0, 0.1) is 6.92 Å². The molecule has 0 fully saturated rings. The molecule has 2 aliphatic heterocycles. The molecule has 1 unspecified atom stereocenters. The minimum atomic E-state index is -0.121. The van der Waals surface area contributed by atoms with Gasteiger partial charge in [-0.25, -0.2) is 0 Å². The number of carbonyl (C=O) groups is 1. The fourth-order valence-corrected chi connectivity index (χ4v) is 4.35. The predicted molar refractivity (Wildman–Crippen MR) is 139 cm³/mol. The molecule has 0 aliphatic carbocycles. The summed E-state index contributed by atoms with van der Waals surface area (Å²) in [6.07, 6.45) is 10.3. The first-order valence-electron chi connectivity index (χ1n) is 12.0. The summed E-state index contributed by atoms with van der Waals surface area (Å²) < 4.78 is 0. The van der Waals surface area contributed by atoms with E-state index in [2.05, 4.69) is 72.3 Å². The van der Waals surface area contributed by atoms with Gasteiger partial charge in [0, 0.05) is 25.2 Å². The molecule has 2 aliphatic rings. The van der Waals surface area contributed by atoms with E-state index in [1.165, 1.54) is 16.7 Å². The van der Waals surface area contributed by atoms with E-state index in [1.807, 2.05) is 44.2 Å². The van der Waals surface area contributed by atoms with Crippen LogP contribution in [-0.2, 0) is 11.2 Å². The Kier molecular flexibility index (Phi) is 8.88. The molecule has 1 atom stereocenters. The normalized spacial score (nSPS) is 19.7. The second-order valence-corrected chi connectivity index (χ2v) is 8.22. The zero-order chi connectivity index (χ0) is 23.6. The van der Waals surface area contributed by atoms with Crippen LogP contribution in [0.15, 0.2) is 102 Å². The first kappa shape index (κ1) is 24.3. The molecule has 0 saturated heterocycles. The van der Waals surface area contributed by atoms with E-state index in [4.69, 9.17) is 0 Å². The van der Waals surface area contributed by atoms with Crippen LogP contribution < -0.4 is 5.32 Å². The first-order valence-corrected chi connectivity index (χ1v) is 12.0. The van der Waals surface area contributed by atoms with Gasteiger partial charge in [-0.15, -0.1) is 0 Å². The van der Waals surface area contributed by atoms with Crippen LogP contribution in [0.4, 0.5) is 0 Å². The summed E-state index contributed by atoms with van der Waals surface area (Å²) in [6, 6.07) is 18.7. The van der Waals surface area contributed by atoms with E-state index in [0.29, 0.717) is 13.0 Å². The third-order valence-electron chi connectivity index (χ3n) is 6.04. The molecule has 2 aromatic carbocycles. The second kappa shape index (κ2) is 12.1. The van der Waals surface area contributed by atoms with E-state index in [1.54, 1.807) is 0 Å². The number of benzene rings is 2. The van der Waals surface area contributed by atoms with E-state index in [0.717, 1.165) is 36.2 Å². The SMILES string of the molecule is C=C1/C=C\C=C/CNC2=C1CCN(C(=O)CCc1ccccc1)C2c1ccc(C)cc1.CC. The quantitative estimate of drug-likeness (QED) is 0.592. The van der Waals surface area contributed by atoms with Crippen molar-refractivity contribution >= 4 is 5.91 Å². The summed E-state index contributed by atoms with van der Waals surface area (Å²) in [7, 11) is 0. The molecule has 3 nitrogen and oxygen atoms in total. The summed E-state index contributed by atoms with van der Waals surface area (Å²) in [4.78, 5) is 15.5. The molecule has 33 heavy (non-hydrogen) atoms. The van der Waals surface area contributed by atoms with Crippen molar-refractivity contribution in [3.8, 4) is 0 Å². The molecule has 2 heterocycles. The number of carbonyl (C=O) groups excluding carboxylic acids is 1. The minimum Gasteiger partial charge on any atom is -0.383 e. The maximum atomic E-state index is 13.4. The largest absolute Gasteiger partial charge is 0.383 e. The highest BCUT2D eigenvalue weighted by Crippen LogP contribution is 2.38. The number of hydrogen-bond acceptors (Lipinski definition) is 2. The number of rotatable bonds is 4. The number of nitrogens with zero attached hydrogens (tertiary/aromatic N) is 1. The van der Waals surface area contributed by atoms with Gasteiger partial charge in [-0.2, -0.15) is 0 Å². The van der Waals surface area contributed by atoms with E-state index in [-0.39, 0.29) is 11.9 Å². The Morgan fingerprint density at radius 2 is 1.79 bits per heavy atom. The maximum Gasteiger partial charge on any atom is 0.223 e. The Labute approximate surface area is 199 Å². The summed E-state index contributed by atoms with van der Waals surface area (Å²) in [5, 5.41) is 3.61. The molecule has 0 radical (unpaired) electrons. The van der Waals surface area contributed by atoms with Gasteiger partial charge in [0.15, 0.2) is 0 Å². The van der Waals surface area contributed by atoms with Crippen LogP contribution in [0.2, 0.25) is 0 Å². The molecule has 0 saturated carbocycles. The third kappa shape index (κ3) is 6.13. The highest BCUT2D eigenvalue weighted by Gasteiger charge is 2.34. The van der Waals surface area contributed by atoms with Crippen molar-refractivity contribution in [2.45, 2.75) is 46.1 Å². The molecular formula is C30H36N2O. The van der Waals surface area contributed by atoms with Gasteiger partial charge in [0.25, 0.3) is 0 Å². The van der Waals surface area contributed by atoms with Gasteiger partial charge in [-0.1, -0.05) is 105 Å². The molecular weight excluding hydrogens is 404 g/mol. The lowest BCUT2D eigenvalue weighted by atomic mass is 9.88. The van der Waals surface area contributed by atoms with Gasteiger partial charge in [0.05, 0.1) is 6.04 Å². The van der Waals surface area contributed by atoms with Crippen LogP contribution in [0.1, 0.15) is 49.4 Å². The van der Waals surface area contributed by atoms with Gasteiger partial charge in [0.2, 0.25) is 5.91 Å². The van der Waals surface area contributed by atoms with E-state index < -0.39 is 0 Å². The number of nitrogens with one attached hydrogen (secondary N) is 1. The molecule has 172 valence electrons. The Bertz CT molecular complexity index is 1030. The molecule has 3 heteroatoms. The standard InChI is InChI=1S/C28H30N2O.C2H6/c1-21-12-15-24(16-13-21)28-27-25(22(2)9-5-4-8-19-29-27)18-20-30(28)26(31)17-14-23-10-6-3-7-11-23;1-2/h3-13,15-16,28-29H,2,14,17-20H2,1H3;1-2H3/b8-4-,9-5-;.